The molecule has 0 aliphatic heterocycles. The Kier molecular flexibility index (Phi) is 2.61. The standard InChI is InChI=1S/C16H13NO/c18-14-8-4-7-13(11-14)17-16-10-3-6-12-5-1-2-9-15(12)16/h1-11,17-18H. The fourth-order valence-corrected chi connectivity index (χ4v) is 2.07. The smallest absolute Gasteiger partial charge is 0.117 e. The molecule has 3 rings (SSSR count). The highest BCUT2D eigenvalue weighted by molar-refractivity contribution is 5.95. The Bertz CT molecular complexity index is 686. The van der Waals surface area contributed by atoms with E-state index >= 15 is 0 Å². The van der Waals surface area contributed by atoms with Gasteiger partial charge in [0.25, 0.3) is 0 Å². The summed E-state index contributed by atoms with van der Waals surface area (Å²) in [6.07, 6.45) is 0. The van der Waals surface area contributed by atoms with Crippen molar-refractivity contribution in [3.8, 4) is 5.75 Å². The lowest BCUT2D eigenvalue weighted by Gasteiger charge is -2.10. The Morgan fingerprint density at radius 3 is 2.44 bits per heavy atom. The van der Waals surface area contributed by atoms with Crippen LogP contribution in [0.3, 0.4) is 0 Å². The van der Waals surface area contributed by atoms with Crippen molar-refractivity contribution in [1.29, 1.82) is 0 Å². The zero-order chi connectivity index (χ0) is 12.4. The zero-order valence-electron chi connectivity index (χ0n) is 9.80. The number of phenols is 1. The van der Waals surface area contributed by atoms with Gasteiger partial charge in [0.2, 0.25) is 0 Å². The number of hydrogen-bond donors (Lipinski definition) is 2. The highest BCUT2D eigenvalue weighted by atomic mass is 16.3. The number of nitrogens with one attached hydrogen (secondary N) is 1. The number of aromatic hydroxyl groups is 1. The normalized spacial score (nSPS) is 10.4. The maximum Gasteiger partial charge on any atom is 0.117 e. The number of hydrogen-bond acceptors (Lipinski definition) is 2. The third kappa shape index (κ3) is 2.00. The first-order valence-electron chi connectivity index (χ1n) is 5.87. The van der Waals surface area contributed by atoms with Crippen LogP contribution < -0.4 is 5.32 Å². The molecule has 0 aliphatic rings. The lowest BCUT2D eigenvalue weighted by atomic mass is 10.1. The summed E-state index contributed by atoms with van der Waals surface area (Å²) in [5, 5.41) is 15.2. The second-order valence-corrected chi connectivity index (χ2v) is 4.20. The molecule has 0 heterocycles. The third-order valence-corrected chi connectivity index (χ3v) is 2.91. The molecule has 0 radical (unpaired) electrons. The Labute approximate surface area is 106 Å². The van der Waals surface area contributed by atoms with Crippen molar-refractivity contribution in [2.45, 2.75) is 0 Å². The van der Waals surface area contributed by atoms with Crippen LogP contribution in [0.5, 0.6) is 5.75 Å². The molecule has 2 nitrogen and oxygen atoms in total. The summed E-state index contributed by atoms with van der Waals surface area (Å²) >= 11 is 0. The monoisotopic (exact) mass is 235 g/mol. The van der Waals surface area contributed by atoms with Gasteiger partial charge in [-0.15, -0.1) is 0 Å². The Morgan fingerprint density at radius 1 is 0.778 bits per heavy atom. The summed E-state index contributed by atoms with van der Waals surface area (Å²) in [7, 11) is 0. The SMILES string of the molecule is Oc1cccc(Nc2cccc3ccccc23)c1. The molecule has 0 saturated heterocycles. The number of benzene rings is 3. The number of rotatable bonds is 2. The van der Waals surface area contributed by atoms with Crippen LogP contribution in [0.1, 0.15) is 0 Å². The molecule has 0 bridgehead atoms. The molecular formula is C16H13NO. The van der Waals surface area contributed by atoms with Crippen molar-refractivity contribution >= 4 is 22.1 Å². The van der Waals surface area contributed by atoms with E-state index in [1.807, 2.05) is 36.4 Å². The van der Waals surface area contributed by atoms with Gasteiger partial charge in [-0.25, -0.2) is 0 Å². The van der Waals surface area contributed by atoms with E-state index in [1.54, 1.807) is 12.1 Å². The van der Waals surface area contributed by atoms with E-state index in [2.05, 4.69) is 23.5 Å². The Hall–Kier alpha value is -2.48. The molecular weight excluding hydrogens is 222 g/mol. The average Bonchev–Trinajstić information content (AvgIpc) is 2.39. The van der Waals surface area contributed by atoms with Gasteiger partial charge in [0.1, 0.15) is 5.75 Å². The first-order chi connectivity index (χ1) is 8.83. The summed E-state index contributed by atoms with van der Waals surface area (Å²) < 4.78 is 0. The van der Waals surface area contributed by atoms with Crippen LogP contribution in [0.2, 0.25) is 0 Å². The molecule has 0 amide bonds. The first kappa shape index (κ1) is 10.7. The summed E-state index contributed by atoms with van der Waals surface area (Å²) in [6, 6.07) is 21.5. The molecule has 2 heteroatoms. The second kappa shape index (κ2) is 4.41. The number of fused-ring (bicyclic) bond motifs is 1. The van der Waals surface area contributed by atoms with Crippen molar-refractivity contribution in [2.24, 2.45) is 0 Å². The van der Waals surface area contributed by atoms with Crippen LogP contribution in [0.25, 0.3) is 10.8 Å². The molecule has 0 unspecified atom stereocenters. The lowest BCUT2D eigenvalue weighted by Crippen LogP contribution is -1.90. The molecule has 0 spiro atoms. The van der Waals surface area contributed by atoms with Crippen LogP contribution in [0.15, 0.2) is 66.7 Å². The quantitative estimate of drug-likeness (QED) is 0.694. The molecule has 0 fully saturated rings. The molecule has 18 heavy (non-hydrogen) atoms. The average molecular weight is 235 g/mol. The third-order valence-electron chi connectivity index (χ3n) is 2.91. The second-order valence-electron chi connectivity index (χ2n) is 4.20. The van der Waals surface area contributed by atoms with Gasteiger partial charge in [-0.05, 0) is 23.6 Å². The van der Waals surface area contributed by atoms with Crippen molar-refractivity contribution in [1.82, 2.24) is 0 Å². The van der Waals surface area contributed by atoms with Crippen LogP contribution in [-0.2, 0) is 0 Å². The van der Waals surface area contributed by atoms with Gasteiger partial charge in [-0.1, -0.05) is 42.5 Å². The maximum absolute atomic E-state index is 9.46. The topological polar surface area (TPSA) is 32.3 Å². The molecule has 0 atom stereocenters. The van der Waals surface area contributed by atoms with Gasteiger partial charge < -0.3 is 10.4 Å². The fraction of sp³-hybridized carbons (Fsp3) is 0. The van der Waals surface area contributed by atoms with Gasteiger partial charge in [0.05, 0.1) is 0 Å². The molecule has 3 aromatic carbocycles. The van der Waals surface area contributed by atoms with E-state index in [1.165, 1.54) is 10.8 Å². The van der Waals surface area contributed by atoms with Crippen LogP contribution in [0.4, 0.5) is 11.4 Å². The summed E-state index contributed by atoms with van der Waals surface area (Å²) in [4.78, 5) is 0. The van der Waals surface area contributed by atoms with E-state index in [0.717, 1.165) is 11.4 Å². The molecule has 0 aliphatic carbocycles. The zero-order valence-corrected chi connectivity index (χ0v) is 9.80. The van der Waals surface area contributed by atoms with E-state index < -0.39 is 0 Å². The van der Waals surface area contributed by atoms with E-state index in [0.29, 0.717) is 0 Å². The van der Waals surface area contributed by atoms with Gasteiger partial charge in [-0.2, -0.15) is 0 Å². The van der Waals surface area contributed by atoms with Gasteiger partial charge >= 0.3 is 0 Å². The summed E-state index contributed by atoms with van der Waals surface area (Å²) in [5.41, 5.74) is 1.92. The predicted octanol–water partition coefficient (Wildman–Crippen LogP) is 4.29. The Balaban J connectivity index is 2.05. The van der Waals surface area contributed by atoms with Crippen LogP contribution >= 0.6 is 0 Å². The predicted molar refractivity (Wildman–Crippen MR) is 75.3 cm³/mol. The highest BCUT2D eigenvalue weighted by Crippen LogP contribution is 2.27. The minimum Gasteiger partial charge on any atom is -0.508 e. The largest absolute Gasteiger partial charge is 0.508 e. The molecule has 3 aromatic rings. The fourth-order valence-electron chi connectivity index (χ4n) is 2.07. The minimum atomic E-state index is 0.264. The molecule has 0 aromatic heterocycles. The van der Waals surface area contributed by atoms with Crippen molar-refractivity contribution < 1.29 is 5.11 Å². The molecule has 88 valence electrons. The Morgan fingerprint density at radius 2 is 1.56 bits per heavy atom. The van der Waals surface area contributed by atoms with E-state index in [4.69, 9.17) is 0 Å². The molecule has 0 saturated carbocycles. The van der Waals surface area contributed by atoms with Crippen molar-refractivity contribution in [2.75, 3.05) is 5.32 Å². The summed E-state index contributed by atoms with van der Waals surface area (Å²) in [6.45, 7) is 0. The molecule has 2 N–H and O–H groups in total. The highest BCUT2D eigenvalue weighted by Gasteiger charge is 2.00. The summed E-state index contributed by atoms with van der Waals surface area (Å²) in [5.74, 6) is 0.264. The van der Waals surface area contributed by atoms with Gasteiger partial charge in [0, 0.05) is 22.8 Å². The van der Waals surface area contributed by atoms with E-state index in [9.17, 15) is 5.11 Å². The minimum absolute atomic E-state index is 0.264. The van der Waals surface area contributed by atoms with Gasteiger partial charge in [0.15, 0.2) is 0 Å². The van der Waals surface area contributed by atoms with E-state index in [-0.39, 0.29) is 5.75 Å². The lowest BCUT2D eigenvalue weighted by molar-refractivity contribution is 0.475. The van der Waals surface area contributed by atoms with Gasteiger partial charge in [-0.3, -0.25) is 0 Å². The van der Waals surface area contributed by atoms with Crippen LogP contribution in [0, 0.1) is 0 Å². The van der Waals surface area contributed by atoms with Crippen LogP contribution in [-0.4, -0.2) is 5.11 Å². The van der Waals surface area contributed by atoms with Crippen molar-refractivity contribution in [3.63, 3.8) is 0 Å². The van der Waals surface area contributed by atoms with Crippen molar-refractivity contribution in [3.05, 3.63) is 66.7 Å². The number of phenolic OH excluding ortho intramolecular Hbond substituents is 1. The maximum atomic E-state index is 9.46. The first-order valence-corrected chi connectivity index (χ1v) is 5.87. The number of anilines is 2.